The molecule has 1 aromatic rings. The van der Waals surface area contributed by atoms with Crippen LogP contribution in [0.5, 0.6) is 5.75 Å². The number of rotatable bonds is 2. The van der Waals surface area contributed by atoms with Gasteiger partial charge in [0.1, 0.15) is 5.75 Å². The van der Waals surface area contributed by atoms with Crippen LogP contribution in [-0.2, 0) is 4.79 Å². The maximum absolute atomic E-state index is 11.0. The summed E-state index contributed by atoms with van der Waals surface area (Å²) >= 11 is 5.64. The molecular weight excluding hydrogens is 204 g/mol. The summed E-state index contributed by atoms with van der Waals surface area (Å²) in [6.07, 6.45) is 0.995. The van der Waals surface area contributed by atoms with Crippen LogP contribution in [0.3, 0.4) is 0 Å². The predicted octanol–water partition coefficient (Wildman–Crippen LogP) is 2.71. The highest BCUT2D eigenvalue weighted by atomic mass is 35.5. The molecule has 0 saturated heterocycles. The number of carbonyl (C=O) groups excluding carboxylic acids is 1. The summed E-state index contributed by atoms with van der Waals surface area (Å²) in [6.45, 7) is 1.39. The molecule has 0 bridgehead atoms. The Morgan fingerprint density at radius 2 is 2.00 bits per heavy atom. The SMILES string of the molecule is C/C(O)=C/C(=O)Oc1ccc(Cl)cc1. The van der Waals surface area contributed by atoms with Crippen LogP contribution >= 0.6 is 11.6 Å². The highest BCUT2D eigenvalue weighted by molar-refractivity contribution is 6.30. The summed E-state index contributed by atoms with van der Waals surface area (Å²) in [5.41, 5.74) is 0. The number of aliphatic hydroxyl groups is 1. The molecule has 0 heterocycles. The monoisotopic (exact) mass is 212 g/mol. The normalized spacial score (nSPS) is 11.1. The van der Waals surface area contributed by atoms with Crippen LogP contribution in [0.15, 0.2) is 36.1 Å². The van der Waals surface area contributed by atoms with Crippen LogP contribution in [0.4, 0.5) is 0 Å². The molecule has 0 aliphatic rings. The quantitative estimate of drug-likeness (QED) is 0.355. The van der Waals surface area contributed by atoms with Crippen LogP contribution in [0.25, 0.3) is 0 Å². The Morgan fingerprint density at radius 1 is 1.43 bits per heavy atom. The largest absolute Gasteiger partial charge is 0.512 e. The zero-order valence-electron chi connectivity index (χ0n) is 7.53. The number of benzene rings is 1. The number of aliphatic hydroxyl groups excluding tert-OH is 1. The van der Waals surface area contributed by atoms with E-state index in [0.717, 1.165) is 6.08 Å². The lowest BCUT2D eigenvalue weighted by atomic mass is 10.3. The average molecular weight is 213 g/mol. The Kier molecular flexibility index (Phi) is 3.54. The number of hydrogen-bond donors (Lipinski definition) is 1. The molecule has 1 aromatic carbocycles. The number of carbonyl (C=O) groups is 1. The van der Waals surface area contributed by atoms with Crippen LogP contribution < -0.4 is 4.74 Å². The Labute approximate surface area is 86.6 Å². The van der Waals surface area contributed by atoms with E-state index >= 15 is 0 Å². The molecule has 4 heteroatoms. The van der Waals surface area contributed by atoms with Crippen molar-refractivity contribution in [2.75, 3.05) is 0 Å². The number of esters is 1. The Hall–Kier alpha value is -1.48. The van der Waals surface area contributed by atoms with E-state index in [1.54, 1.807) is 24.3 Å². The van der Waals surface area contributed by atoms with E-state index in [-0.39, 0.29) is 5.76 Å². The second-order valence-corrected chi connectivity index (χ2v) is 3.10. The maximum Gasteiger partial charge on any atom is 0.339 e. The number of allylic oxidation sites excluding steroid dienone is 1. The van der Waals surface area contributed by atoms with Gasteiger partial charge >= 0.3 is 5.97 Å². The summed E-state index contributed by atoms with van der Waals surface area (Å²) in [4.78, 5) is 11.0. The van der Waals surface area contributed by atoms with E-state index in [2.05, 4.69) is 0 Å². The van der Waals surface area contributed by atoms with Gasteiger partial charge in [-0.25, -0.2) is 4.79 Å². The molecule has 0 unspecified atom stereocenters. The molecule has 0 saturated carbocycles. The number of halogens is 1. The van der Waals surface area contributed by atoms with E-state index in [4.69, 9.17) is 21.4 Å². The molecule has 0 amide bonds. The van der Waals surface area contributed by atoms with Crippen LogP contribution in [-0.4, -0.2) is 11.1 Å². The molecule has 0 aromatic heterocycles. The fourth-order valence-corrected chi connectivity index (χ4v) is 0.945. The third-order valence-electron chi connectivity index (χ3n) is 1.36. The summed E-state index contributed by atoms with van der Waals surface area (Å²) in [5.74, 6) is -0.326. The van der Waals surface area contributed by atoms with Gasteiger partial charge in [-0.15, -0.1) is 0 Å². The lowest BCUT2D eigenvalue weighted by molar-refractivity contribution is -0.129. The van der Waals surface area contributed by atoms with Crippen molar-refractivity contribution in [2.24, 2.45) is 0 Å². The topological polar surface area (TPSA) is 46.5 Å². The first kappa shape index (κ1) is 10.6. The van der Waals surface area contributed by atoms with Crippen molar-refractivity contribution >= 4 is 17.6 Å². The van der Waals surface area contributed by atoms with Gasteiger partial charge in [-0.05, 0) is 31.2 Å². The fourth-order valence-electron chi connectivity index (χ4n) is 0.819. The summed E-state index contributed by atoms with van der Waals surface area (Å²) in [7, 11) is 0. The van der Waals surface area contributed by atoms with Gasteiger partial charge in [-0.2, -0.15) is 0 Å². The van der Waals surface area contributed by atoms with Crippen molar-refractivity contribution in [3.63, 3.8) is 0 Å². The van der Waals surface area contributed by atoms with Gasteiger partial charge in [0.2, 0.25) is 0 Å². The maximum atomic E-state index is 11.0. The highest BCUT2D eigenvalue weighted by Gasteiger charge is 2.01. The van der Waals surface area contributed by atoms with E-state index in [9.17, 15) is 4.79 Å². The lowest BCUT2D eigenvalue weighted by Gasteiger charge is -2.00. The van der Waals surface area contributed by atoms with E-state index in [0.29, 0.717) is 10.8 Å². The molecule has 0 aliphatic carbocycles. The second kappa shape index (κ2) is 4.67. The van der Waals surface area contributed by atoms with Crippen molar-refractivity contribution in [3.05, 3.63) is 41.1 Å². The standard InChI is InChI=1S/C10H9ClO3/c1-7(12)6-10(13)14-9-4-2-8(11)3-5-9/h2-6,12H,1H3/b7-6-. The predicted molar refractivity (Wildman–Crippen MR) is 53.5 cm³/mol. The first-order valence-electron chi connectivity index (χ1n) is 3.92. The molecule has 74 valence electrons. The van der Waals surface area contributed by atoms with Crippen LogP contribution in [0.2, 0.25) is 5.02 Å². The van der Waals surface area contributed by atoms with Crippen molar-refractivity contribution in [1.82, 2.24) is 0 Å². The molecule has 0 fully saturated rings. The third-order valence-corrected chi connectivity index (χ3v) is 1.61. The van der Waals surface area contributed by atoms with E-state index in [1.165, 1.54) is 6.92 Å². The summed E-state index contributed by atoms with van der Waals surface area (Å²) in [6, 6.07) is 6.36. The van der Waals surface area contributed by atoms with Crippen LogP contribution in [0.1, 0.15) is 6.92 Å². The van der Waals surface area contributed by atoms with Gasteiger partial charge in [0.15, 0.2) is 0 Å². The van der Waals surface area contributed by atoms with E-state index in [1.807, 2.05) is 0 Å². The molecule has 0 radical (unpaired) electrons. The molecule has 0 spiro atoms. The number of ether oxygens (including phenoxy) is 1. The van der Waals surface area contributed by atoms with E-state index < -0.39 is 5.97 Å². The van der Waals surface area contributed by atoms with Crippen molar-refractivity contribution in [3.8, 4) is 5.75 Å². The Bertz CT molecular complexity index is 350. The number of hydrogen-bond acceptors (Lipinski definition) is 3. The fraction of sp³-hybridized carbons (Fsp3) is 0.100. The van der Waals surface area contributed by atoms with Gasteiger partial charge in [-0.1, -0.05) is 11.6 Å². The molecule has 0 aliphatic heterocycles. The zero-order chi connectivity index (χ0) is 10.6. The first-order valence-corrected chi connectivity index (χ1v) is 4.30. The molecule has 3 nitrogen and oxygen atoms in total. The zero-order valence-corrected chi connectivity index (χ0v) is 8.28. The Balaban J connectivity index is 2.66. The molecule has 0 atom stereocenters. The summed E-state index contributed by atoms with van der Waals surface area (Å²) < 4.78 is 4.85. The smallest absolute Gasteiger partial charge is 0.339 e. The summed E-state index contributed by atoms with van der Waals surface area (Å²) in [5, 5.41) is 9.35. The van der Waals surface area contributed by atoms with Crippen molar-refractivity contribution < 1.29 is 14.6 Å². The van der Waals surface area contributed by atoms with Crippen molar-refractivity contribution in [1.29, 1.82) is 0 Å². The van der Waals surface area contributed by atoms with Gasteiger partial charge in [-0.3, -0.25) is 0 Å². The molecule has 1 N–H and O–H groups in total. The minimum atomic E-state index is -0.618. The highest BCUT2D eigenvalue weighted by Crippen LogP contribution is 2.15. The molecular formula is C10H9ClO3. The van der Waals surface area contributed by atoms with Gasteiger partial charge < -0.3 is 9.84 Å². The lowest BCUT2D eigenvalue weighted by Crippen LogP contribution is -2.04. The van der Waals surface area contributed by atoms with Crippen LogP contribution in [0, 0.1) is 0 Å². The average Bonchev–Trinajstić information content (AvgIpc) is 2.07. The minimum Gasteiger partial charge on any atom is -0.512 e. The van der Waals surface area contributed by atoms with Crippen molar-refractivity contribution in [2.45, 2.75) is 6.92 Å². The van der Waals surface area contributed by atoms with Gasteiger partial charge in [0.05, 0.1) is 11.8 Å². The molecule has 14 heavy (non-hydrogen) atoms. The molecule has 1 rings (SSSR count). The Morgan fingerprint density at radius 3 is 2.50 bits per heavy atom. The van der Waals surface area contributed by atoms with Gasteiger partial charge in [0.25, 0.3) is 0 Å². The van der Waals surface area contributed by atoms with Gasteiger partial charge in [0, 0.05) is 5.02 Å². The second-order valence-electron chi connectivity index (χ2n) is 2.66. The first-order chi connectivity index (χ1) is 6.58. The minimum absolute atomic E-state index is 0.0936. The third kappa shape index (κ3) is 3.49.